The van der Waals surface area contributed by atoms with Gasteiger partial charge in [0.05, 0.1) is 6.10 Å². The van der Waals surface area contributed by atoms with Gasteiger partial charge in [-0.05, 0) is 44.4 Å². The quantitative estimate of drug-likeness (QED) is 0.866. The molecule has 1 aliphatic heterocycles. The summed E-state index contributed by atoms with van der Waals surface area (Å²) < 4.78 is 5.60. The minimum absolute atomic E-state index is 0.296. The fourth-order valence-electron chi connectivity index (χ4n) is 2.27. The van der Waals surface area contributed by atoms with Crippen LogP contribution in [0.3, 0.4) is 0 Å². The van der Waals surface area contributed by atoms with E-state index < -0.39 is 0 Å². The standard InChI is InChI=1S/C14H20ClNO/c1-11(13-6-2-3-7-14(13)15)16-9-8-12-5-4-10-17-12/h2-3,6-7,11-12,16H,4-5,8-10H2,1H3. The maximum absolute atomic E-state index is 6.16. The zero-order chi connectivity index (χ0) is 12.1. The first-order valence-corrected chi connectivity index (χ1v) is 6.74. The largest absolute Gasteiger partial charge is 0.378 e. The summed E-state index contributed by atoms with van der Waals surface area (Å²) in [6, 6.07) is 8.30. The van der Waals surface area contributed by atoms with Crippen LogP contribution in [0.25, 0.3) is 0 Å². The molecular formula is C14H20ClNO. The molecule has 2 nitrogen and oxygen atoms in total. The smallest absolute Gasteiger partial charge is 0.0588 e. The van der Waals surface area contributed by atoms with Crippen LogP contribution >= 0.6 is 11.6 Å². The van der Waals surface area contributed by atoms with Crippen molar-refractivity contribution in [3.63, 3.8) is 0 Å². The molecule has 2 unspecified atom stereocenters. The molecule has 3 heteroatoms. The number of hydrogen-bond donors (Lipinski definition) is 1. The van der Waals surface area contributed by atoms with Crippen molar-refractivity contribution in [1.82, 2.24) is 5.32 Å². The lowest BCUT2D eigenvalue weighted by atomic mass is 10.1. The number of hydrogen-bond acceptors (Lipinski definition) is 2. The molecule has 0 aliphatic carbocycles. The van der Waals surface area contributed by atoms with Crippen LogP contribution in [0, 0.1) is 0 Å². The van der Waals surface area contributed by atoms with Crippen molar-refractivity contribution in [2.45, 2.75) is 38.3 Å². The first-order valence-electron chi connectivity index (χ1n) is 6.37. The number of halogens is 1. The van der Waals surface area contributed by atoms with E-state index in [0.29, 0.717) is 12.1 Å². The van der Waals surface area contributed by atoms with E-state index in [-0.39, 0.29) is 0 Å². The second kappa shape index (κ2) is 6.39. The van der Waals surface area contributed by atoms with Gasteiger partial charge >= 0.3 is 0 Å². The molecule has 17 heavy (non-hydrogen) atoms. The lowest BCUT2D eigenvalue weighted by Gasteiger charge is -2.17. The summed E-state index contributed by atoms with van der Waals surface area (Å²) in [6.45, 7) is 4.07. The molecular weight excluding hydrogens is 234 g/mol. The van der Waals surface area contributed by atoms with E-state index in [4.69, 9.17) is 16.3 Å². The second-order valence-electron chi connectivity index (χ2n) is 4.62. The van der Waals surface area contributed by atoms with Gasteiger partial charge in [-0.2, -0.15) is 0 Å². The summed E-state index contributed by atoms with van der Waals surface area (Å²) in [7, 11) is 0. The molecule has 1 N–H and O–H groups in total. The number of benzene rings is 1. The van der Waals surface area contributed by atoms with Crippen LogP contribution in [-0.2, 0) is 4.74 Å². The van der Waals surface area contributed by atoms with Gasteiger partial charge in [-0.25, -0.2) is 0 Å². The van der Waals surface area contributed by atoms with E-state index in [1.807, 2.05) is 18.2 Å². The van der Waals surface area contributed by atoms with Crippen LogP contribution < -0.4 is 5.32 Å². The van der Waals surface area contributed by atoms with Gasteiger partial charge in [0.15, 0.2) is 0 Å². The maximum atomic E-state index is 6.16. The van der Waals surface area contributed by atoms with Gasteiger partial charge in [0.2, 0.25) is 0 Å². The van der Waals surface area contributed by atoms with Crippen LogP contribution in [0.1, 0.15) is 37.8 Å². The predicted molar refractivity (Wildman–Crippen MR) is 71.5 cm³/mol. The zero-order valence-corrected chi connectivity index (χ0v) is 11.0. The lowest BCUT2D eigenvalue weighted by Crippen LogP contribution is -2.23. The highest BCUT2D eigenvalue weighted by molar-refractivity contribution is 6.31. The molecule has 0 aromatic heterocycles. The highest BCUT2D eigenvalue weighted by Gasteiger charge is 2.15. The van der Waals surface area contributed by atoms with E-state index in [2.05, 4.69) is 18.3 Å². The molecule has 1 aliphatic rings. The SMILES string of the molecule is CC(NCCC1CCCO1)c1ccccc1Cl. The third kappa shape index (κ3) is 3.70. The topological polar surface area (TPSA) is 21.3 Å². The van der Waals surface area contributed by atoms with Crippen LogP contribution in [0.2, 0.25) is 5.02 Å². The van der Waals surface area contributed by atoms with Gasteiger partial charge in [-0.3, -0.25) is 0 Å². The Labute approximate surface area is 108 Å². The number of ether oxygens (including phenoxy) is 1. The van der Waals surface area contributed by atoms with Crippen molar-refractivity contribution in [2.75, 3.05) is 13.2 Å². The second-order valence-corrected chi connectivity index (χ2v) is 5.03. The fraction of sp³-hybridized carbons (Fsp3) is 0.571. The average Bonchev–Trinajstić information content (AvgIpc) is 2.82. The summed E-state index contributed by atoms with van der Waals surface area (Å²) in [5.41, 5.74) is 1.17. The Kier molecular flexibility index (Phi) is 4.84. The Balaban J connectivity index is 1.77. The molecule has 0 amide bonds. The summed E-state index contributed by atoms with van der Waals surface area (Å²) in [6.07, 6.45) is 3.97. The monoisotopic (exact) mass is 253 g/mol. The Morgan fingerprint density at radius 3 is 3.00 bits per heavy atom. The highest BCUT2D eigenvalue weighted by atomic mass is 35.5. The molecule has 1 saturated heterocycles. The Hall–Kier alpha value is -0.570. The lowest BCUT2D eigenvalue weighted by molar-refractivity contribution is 0.103. The first kappa shape index (κ1) is 12.9. The van der Waals surface area contributed by atoms with Crippen LogP contribution in [0.4, 0.5) is 0 Å². The Bertz CT molecular complexity index is 350. The first-order chi connectivity index (χ1) is 8.27. The minimum Gasteiger partial charge on any atom is -0.378 e. The van der Waals surface area contributed by atoms with Gasteiger partial charge in [0.1, 0.15) is 0 Å². The summed E-state index contributed by atoms with van der Waals surface area (Å²) in [5, 5.41) is 4.34. The van der Waals surface area contributed by atoms with Crippen molar-refractivity contribution in [1.29, 1.82) is 0 Å². The van der Waals surface area contributed by atoms with E-state index in [1.165, 1.54) is 18.4 Å². The Morgan fingerprint density at radius 1 is 1.47 bits per heavy atom. The van der Waals surface area contributed by atoms with E-state index in [9.17, 15) is 0 Å². The highest BCUT2D eigenvalue weighted by Crippen LogP contribution is 2.22. The number of nitrogens with one attached hydrogen (secondary N) is 1. The van der Waals surface area contributed by atoms with Crippen LogP contribution in [0.15, 0.2) is 24.3 Å². The van der Waals surface area contributed by atoms with E-state index in [0.717, 1.165) is 24.6 Å². The van der Waals surface area contributed by atoms with Gasteiger partial charge < -0.3 is 10.1 Å². The zero-order valence-electron chi connectivity index (χ0n) is 10.3. The molecule has 0 spiro atoms. The molecule has 94 valence electrons. The molecule has 0 radical (unpaired) electrons. The molecule has 0 bridgehead atoms. The van der Waals surface area contributed by atoms with Crippen molar-refractivity contribution in [3.05, 3.63) is 34.9 Å². The van der Waals surface area contributed by atoms with Crippen molar-refractivity contribution < 1.29 is 4.74 Å². The van der Waals surface area contributed by atoms with Crippen molar-refractivity contribution in [3.8, 4) is 0 Å². The Morgan fingerprint density at radius 2 is 2.29 bits per heavy atom. The molecule has 0 saturated carbocycles. The molecule has 1 aromatic rings. The predicted octanol–water partition coefficient (Wildman–Crippen LogP) is 3.56. The minimum atomic E-state index is 0.296. The third-order valence-electron chi connectivity index (χ3n) is 3.31. The van der Waals surface area contributed by atoms with Crippen molar-refractivity contribution in [2.24, 2.45) is 0 Å². The van der Waals surface area contributed by atoms with Gasteiger partial charge in [0, 0.05) is 17.7 Å². The van der Waals surface area contributed by atoms with Gasteiger partial charge in [-0.15, -0.1) is 0 Å². The molecule has 1 heterocycles. The summed E-state index contributed by atoms with van der Waals surface area (Å²) in [4.78, 5) is 0. The maximum Gasteiger partial charge on any atom is 0.0588 e. The molecule has 2 rings (SSSR count). The van der Waals surface area contributed by atoms with Crippen molar-refractivity contribution >= 4 is 11.6 Å². The molecule has 1 fully saturated rings. The average molecular weight is 254 g/mol. The summed E-state index contributed by atoms with van der Waals surface area (Å²) >= 11 is 6.16. The van der Waals surface area contributed by atoms with Crippen LogP contribution in [0.5, 0.6) is 0 Å². The fourth-order valence-corrected chi connectivity index (χ4v) is 2.57. The molecule has 1 aromatic carbocycles. The van der Waals surface area contributed by atoms with Gasteiger partial charge in [-0.1, -0.05) is 29.8 Å². The van der Waals surface area contributed by atoms with E-state index >= 15 is 0 Å². The van der Waals surface area contributed by atoms with Crippen LogP contribution in [-0.4, -0.2) is 19.3 Å². The normalized spacial score (nSPS) is 21.6. The van der Waals surface area contributed by atoms with E-state index in [1.54, 1.807) is 0 Å². The number of rotatable bonds is 5. The third-order valence-corrected chi connectivity index (χ3v) is 3.66. The molecule has 2 atom stereocenters. The summed E-state index contributed by atoms with van der Waals surface area (Å²) in [5.74, 6) is 0. The van der Waals surface area contributed by atoms with Gasteiger partial charge in [0.25, 0.3) is 0 Å².